The fourth-order valence-corrected chi connectivity index (χ4v) is 10.0. The number of nitrogens with two attached hydrogens (primary N) is 1. The highest BCUT2D eigenvalue weighted by molar-refractivity contribution is 8.44. The van der Waals surface area contributed by atoms with Gasteiger partial charge in [-0.15, -0.1) is 5.10 Å². The Morgan fingerprint density at radius 2 is 1.55 bits per heavy atom. The van der Waals surface area contributed by atoms with Crippen molar-refractivity contribution in [2.24, 2.45) is 0 Å². The van der Waals surface area contributed by atoms with Crippen molar-refractivity contribution in [2.45, 2.75) is 88.1 Å². The Labute approximate surface area is 300 Å². The normalized spacial score (nSPS) is 35.4. The lowest BCUT2D eigenvalue weighted by atomic mass is 10.1. The number of fused-ring (bicyclic) bond motifs is 5. The zero-order valence-electron chi connectivity index (χ0n) is 27.7. The van der Waals surface area contributed by atoms with Gasteiger partial charge in [-0.25, -0.2) is 38.6 Å². The zero-order chi connectivity index (χ0) is 36.7. The third-order valence-electron chi connectivity index (χ3n) is 9.32. The molecule has 0 amide bonds. The van der Waals surface area contributed by atoms with Gasteiger partial charge in [0.25, 0.3) is 5.56 Å². The van der Waals surface area contributed by atoms with Gasteiger partial charge < -0.3 is 19.6 Å². The zero-order valence-corrected chi connectivity index (χ0v) is 32.2. The number of thiol groups is 2. The number of H-pyrrole nitrogens is 1. The summed E-state index contributed by atoms with van der Waals surface area (Å²) >= 11 is 8.44. The maximum absolute atomic E-state index is 16.3. The molecular weight excluding hydrogens is 774 g/mol. The summed E-state index contributed by atoms with van der Waals surface area (Å²) in [4.78, 5) is 28.8. The first kappa shape index (κ1) is 37.0. The van der Waals surface area contributed by atoms with Gasteiger partial charge in [0, 0.05) is 0 Å². The van der Waals surface area contributed by atoms with E-state index in [1.165, 1.54) is 28.1 Å². The first-order valence-corrected chi connectivity index (χ1v) is 23.8. The number of aromatic nitrogens is 9. The third-order valence-corrected chi connectivity index (χ3v) is 17.0. The van der Waals surface area contributed by atoms with Crippen molar-refractivity contribution < 1.29 is 45.5 Å². The lowest BCUT2D eigenvalue weighted by Gasteiger charge is -2.40. The average molecular weight is 809 g/mol. The molecule has 4 aromatic heterocycles. The van der Waals surface area contributed by atoms with Gasteiger partial charge in [0.1, 0.15) is 42.4 Å². The molecule has 0 aromatic carbocycles. The van der Waals surface area contributed by atoms with E-state index >= 15 is 4.39 Å². The summed E-state index contributed by atoms with van der Waals surface area (Å²) < 4.78 is 89.2. The molecule has 3 fully saturated rings. The number of anilines is 1. The second-order valence-electron chi connectivity index (χ2n) is 13.6. The largest absolute Gasteiger partial charge is 0.408 e. The van der Waals surface area contributed by atoms with Crippen molar-refractivity contribution >= 4 is 74.6 Å². The monoisotopic (exact) mass is 808 g/mol. The topological polar surface area (TPSA) is 245 Å². The van der Waals surface area contributed by atoms with Crippen LogP contribution in [-0.4, -0.2) is 103 Å². The fraction of sp³-hybridized carbons (Fsp3) is 0.640. The van der Waals surface area contributed by atoms with Crippen molar-refractivity contribution in [3.63, 3.8) is 0 Å². The molecule has 0 radical (unpaired) electrons. The van der Waals surface area contributed by atoms with Crippen LogP contribution in [0.15, 0.2) is 23.8 Å². The molecule has 0 saturated carbocycles. The van der Waals surface area contributed by atoms with Crippen molar-refractivity contribution in [1.82, 2.24) is 44.5 Å². The summed E-state index contributed by atoms with van der Waals surface area (Å²) in [5, 5.41) is 9.53. The summed E-state index contributed by atoms with van der Waals surface area (Å²) in [6.07, 6.45) is -7.36. The fourth-order valence-electron chi connectivity index (χ4n) is 5.75. The van der Waals surface area contributed by atoms with Crippen molar-refractivity contribution in [2.75, 3.05) is 18.9 Å². The molecule has 51 heavy (non-hydrogen) atoms. The van der Waals surface area contributed by atoms with Gasteiger partial charge in [-0.05, 0) is 18.1 Å². The van der Waals surface area contributed by atoms with E-state index in [1.807, 2.05) is 33.9 Å². The van der Waals surface area contributed by atoms with E-state index in [0.717, 1.165) is 0 Å². The Morgan fingerprint density at radius 1 is 0.941 bits per heavy atom. The van der Waals surface area contributed by atoms with Crippen LogP contribution in [0.5, 0.6) is 0 Å². The minimum atomic E-state index is -4.41. The molecule has 0 aliphatic carbocycles. The molecule has 3 saturated heterocycles. The lowest BCUT2D eigenvalue weighted by Crippen LogP contribution is -2.50. The van der Waals surface area contributed by atoms with E-state index in [4.69, 9.17) is 37.7 Å². The first-order valence-electron chi connectivity index (χ1n) is 15.5. The van der Waals surface area contributed by atoms with E-state index in [-0.39, 0.29) is 33.2 Å². The number of hydrogen-bond donors (Lipinski definition) is 4. The minimum Gasteiger partial charge on any atom is -0.408 e. The highest BCUT2D eigenvalue weighted by Crippen LogP contribution is 2.61. The number of hydrogen-bond acceptors (Lipinski definition) is 17. The molecule has 0 spiro atoms. The summed E-state index contributed by atoms with van der Waals surface area (Å²) in [6, 6.07) is 0. The Balaban J connectivity index is 1.26. The SMILES string of the molecule is CC(C)(C)[Si](C)(C)OC1[C@H]2OP(=O)(S)OC[C@H]3O[C@@H](n4cnc5c(N)ncnc54)[C@H](F)[C@@H]3OP(=O)(S)OC[C@H]1O[C@H]2n1cnc2c(=O)[nH]nnc21. The molecule has 4 aromatic rings. The molecular formula is C25H35FN10O10P2S2Si. The molecule has 3 aliphatic rings. The van der Waals surface area contributed by atoms with E-state index in [9.17, 15) is 13.9 Å². The number of rotatable bonds is 4. The Bertz CT molecular complexity index is 2120. The molecule has 20 nitrogen and oxygen atoms in total. The van der Waals surface area contributed by atoms with Gasteiger partial charge in [-0.1, -0.05) is 50.5 Å². The molecule has 3 aliphatic heterocycles. The van der Waals surface area contributed by atoms with Gasteiger partial charge in [0.15, 0.2) is 49.6 Å². The summed E-state index contributed by atoms with van der Waals surface area (Å²) in [5.41, 5.74) is 5.61. The van der Waals surface area contributed by atoms with Crippen molar-refractivity contribution in [1.29, 1.82) is 0 Å². The standard InChI is InChI=1S/C25H35FN10O10P2S2Si/c1-25(2,3)51(4,5)46-17-12-7-41-47(38,49)44-16-11(42-23(13(16)26)35-9-30-14-19(27)28-8-29-20(14)35)6-40-48(39,50)45-18(17)24(43-12)36-10-31-15-21(36)32-34-33-22(15)37/h8-13,16-18,23-24H,6-7H2,1-5H3,(H,38,49)(H,39,50)(H2,27,28,29)(H,32,33,37)/t11-,12-,13-,16-,17?,18-,23-,24-,47?,48?/m1/s1. The summed E-state index contributed by atoms with van der Waals surface area (Å²) in [7, 11) is -2.67. The summed E-state index contributed by atoms with van der Waals surface area (Å²) in [6.45, 7) is 0.0705. The summed E-state index contributed by atoms with van der Waals surface area (Å²) in [5.74, 6) is 0.0595. The third kappa shape index (κ3) is 6.94. The highest BCUT2D eigenvalue weighted by Gasteiger charge is 2.56. The number of nitrogens with zero attached hydrogens (tertiary/aromatic N) is 8. The lowest BCUT2D eigenvalue weighted by molar-refractivity contribution is -0.0567. The number of nitrogens with one attached hydrogen (secondary N) is 1. The minimum absolute atomic E-state index is 0.0190. The molecule has 7 rings (SSSR count). The van der Waals surface area contributed by atoms with Gasteiger partial charge in [0.05, 0.1) is 25.9 Å². The molecule has 3 unspecified atom stereocenters. The maximum Gasteiger partial charge on any atom is 0.386 e. The Morgan fingerprint density at radius 3 is 2.24 bits per heavy atom. The number of imidazole rings is 2. The number of aromatic amines is 1. The predicted octanol–water partition coefficient (Wildman–Crippen LogP) is 3.35. The van der Waals surface area contributed by atoms with Gasteiger partial charge in [-0.2, -0.15) is 0 Å². The van der Waals surface area contributed by atoms with Crippen LogP contribution in [0.1, 0.15) is 33.2 Å². The van der Waals surface area contributed by atoms with E-state index < -0.39 is 89.8 Å². The highest BCUT2D eigenvalue weighted by atomic mass is 32.7. The van der Waals surface area contributed by atoms with Crippen LogP contribution in [0.3, 0.4) is 0 Å². The van der Waals surface area contributed by atoms with E-state index in [1.54, 1.807) is 0 Å². The molecule has 278 valence electrons. The second-order valence-corrected chi connectivity index (χ2v) is 24.1. The van der Waals surface area contributed by atoms with Crippen LogP contribution in [-0.2, 0) is 41.1 Å². The molecule has 26 heteroatoms. The molecule has 3 N–H and O–H groups in total. The maximum atomic E-state index is 16.3. The van der Waals surface area contributed by atoms with Crippen LogP contribution < -0.4 is 11.3 Å². The van der Waals surface area contributed by atoms with Gasteiger partial charge in [-0.3, -0.25) is 32.0 Å². The van der Waals surface area contributed by atoms with Gasteiger partial charge in [0.2, 0.25) is 0 Å². The second kappa shape index (κ2) is 13.2. The van der Waals surface area contributed by atoms with Crippen LogP contribution >= 0.6 is 38.1 Å². The van der Waals surface area contributed by atoms with Crippen LogP contribution in [0, 0.1) is 0 Å². The molecule has 2 bridgehead atoms. The van der Waals surface area contributed by atoms with Gasteiger partial charge >= 0.3 is 13.6 Å². The predicted molar refractivity (Wildman–Crippen MR) is 185 cm³/mol. The van der Waals surface area contributed by atoms with Crippen LogP contribution in [0.25, 0.3) is 22.3 Å². The first-order chi connectivity index (χ1) is 23.9. The van der Waals surface area contributed by atoms with E-state index in [0.29, 0.717) is 0 Å². The Hall–Kier alpha value is -2.34. The number of nitrogen functional groups attached to an aromatic ring is 1. The number of ether oxygens (including phenoxy) is 2. The molecule has 7 heterocycles. The quantitative estimate of drug-likeness (QED) is 0.131. The van der Waals surface area contributed by atoms with Crippen LogP contribution in [0.4, 0.5) is 10.2 Å². The van der Waals surface area contributed by atoms with E-state index in [2.05, 4.69) is 59.8 Å². The van der Waals surface area contributed by atoms with Crippen LogP contribution in [0.2, 0.25) is 18.1 Å². The number of halogens is 1. The number of alkyl halides is 1. The molecule has 10 atom stereocenters. The Kier molecular flexibility index (Phi) is 9.57. The average Bonchev–Trinajstić information content (AvgIpc) is 3.80. The smallest absolute Gasteiger partial charge is 0.386 e. The van der Waals surface area contributed by atoms with Crippen molar-refractivity contribution in [3.8, 4) is 0 Å². The van der Waals surface area contributed by atoms with Crippen molar-refractivity contribution in [3.05, 3.63) is 29.3 Å².